The molecule has 6 nitrogen and oxygen atoms in total. The maximum absolute atomic E-state index is 11.9. The zero-order chi connectivity index (χ0) is 18.6. The Morgan fingerprint density at radius 3 is 2.88 bits per heavy atom. The molecular weight excluding hydrogens is 330 g/mol. The van der Waals surface area contributed by atoms with E-state index in [-0.39, 0.29) is 5.92 Å². The molecule has 3 rings (SSSR count). The highest BCUT2D eigenvalue weighted by molar-refractivity contribution is 5.93. The smallest absolute Gasteiger partial charge is 0.331 e. The van der Waals surface area contributed by atoms with Crippen molar-refractivity contribution < 1.29 is 14.3 Å². The molecular formula is C20H19N3O3. The molecule has 6 heteroatoms. The third-order valence-electron chi connectivity index (χ3n) is 4.43. The molecule has 0 spiro atoms. The van der Waals surface area contributed by atoms with Crippen LogP contribution in [0.5, 0.6) is 0 Å². The van der Waals surface area contributed by atoms with Crippen LogP contribution in [0.1, 0.15) is 25.3 Å². The molecule has 1 atom stereocenters. The Balaban J connectivity index is 1.56. The van der Waals surface area contributed by atoms with Gasteiger partial charge in [-0.3, -0.25) is 9.78 Å². The van der Waals surface area contributed by atoms with E-state index < -0.39 is 24.0 Å². The Morgan fingerprint density at radius 1 is 1.38 bits per heavy atom. The van der Waals surface area contributed by atoms with Crippen LogP contribution in [0.2, 0.25) is 0 Å². The normalized spacial score (nSPS) is 16.0. The van der Waals surface area contributed by atoms with Crippen LogP contribution in [0.3, 0.4) is 0 Å². The van der Waals surface area contributed by atoms with Gasteiger partial charge in [0, 0.05) is 23.2 Å². The SMILES string of the molecule is C[C@](C#N)(NC(=O)COC(=O)/C=C/c1cccc2cccnc12)C1CC1. The Labute approximate surface area is 151 Å². The van der Waals surface area contributed by atoms with Crippen molar-refractivity contribution in [2.75, 3.05) is 6.61 Å². The van der Waals surface area contributed by atoms with Gasteiger partial charge < -0.3 is 10.1 Å². The second-order valence-electron chi connectivity index (χ2n) is 6.50. The van der Waals surface area contributed by atoms with Crippen LogP contribution in [-0.2, 0) is 14.3 Å². The van der Waals surface area contributed by atoms with E-state index in [4.69, 9.17) is 4.74 Å². The van der Waals surface area contributed by atoms with E-state index in [1.54, 1.807) is 19.2 Å². The molecule has 132 valence electrons. The standard InChI is InChI=1S/C20H19N3O3/c1-20(13-21,16-8-9-16)23-17(24)12-26-18(25)10-7-15-5-2-4-14-6-3-11-22-19(14)15/h2-7,10-11,16H,8-9,12H2,1H3,(H,23,24)/b10-7+/t20-/m1/s1. The molecule has 0 saturated heterocycles. The van der Waals surface area contributed by atoms with Gasteiger partial charge in [-0.1, -0.05) is 24.3 Å². The molecule has 0 radical (unpaired) electrons. The van der Waals surface area contributed by atoms with Gasteiger partial charge in [-0.2, -0.15) is 5.26 Å². The minimum Gasteiger partial charge on any atom is -0.452 e. The number of aromatic nitrogens is 1. The molecule has 26 heavy (non-hydrogen) atoms. The lowest BCUT2D eigenvalue weighted by Crippen LogP contribution is -2.48. The second-order valence-corrected chi connectivity index (χ2v) is 6.50. The van der Waals surface area contributed by atoms with E-state index in [0.717, 1.165) is 29.3 Å². The summed E-state index contributed by atoms with van der Waals surface area (Å²) >= 11 is 0. The Kier molecular flexibility index (Phi) is 4.99. The number of rotatable bonds is 6. The van der Waals surface area contributed by atoms with Gasteiger partial charge in [0.2, 0.25) is 0 Å². The van der Waals surface area contributed by atoms with Crippen molar-refractivity contribution in [2.24, 2.45) is 5.92 Å². The van der Waals surface area contributed by atoms with Gasteiger partial charge >= 0.3 is 5.97 Å². The Morgan fingerprint density at radius 2 is 2.15 bits per heavy atom. The number of nitrogens with zero attached hydrogens (tertiary/aromatic N) is 2. The van der Waals surface area contributed by atoms with E-state index in [9.17, 15) is 14.9 Å². The van der Waals surface area contributed by atoms with Crippen molar-refractivity contribution in [1.82, 2.24) is 10.3 Å². The third-order valence-corrected chi connectivity index (χ3v) is 4.43. The molecule has 1 saturated carbocycles. The summed E-state index contributed by atoms with van der Waals surface area (Å²) < 4.78 is 4.96. The number of nitrogens with one attached hydrogen (secondary N) is 1. The second kappa shape index (κ2) is 7.36. The highest BCUT2D eigenvalue weighted by atomic mass is 16.5. The van der Waals surface area contributed by atoms with Crippen molar-refractivity contribution in [2.45, 2.75) is 25.3 Å². The molecule has 1 aliphatic rings. The first-order chi connectivity index (χ1) is 12.5. The number of fused-ring (bicyclic) bond motifs is 1. The van der Waals surface area contributed by atoms with Crippen molar-refractivity contribution in [3.8, 4) is 6.07 Å². The number of amides is 1. The number of esters is 1. The molecule has 0 bridgehead atoms. The molecule has 2 aromatic rings. The maximum atomic E-state index is 11.9. The number of para-hydroxylation sites is 1. The molecule has 1 heterocycles. The molecule has 1 fully saturated rings. The Bertz CT molecular complexity index is 907. The topological polar surface area (TPSA) is 92.1 Å². The fourth-order valence-corrected chi connectivity index (χ4v) is 2.81. The number of nitriles is 1. The zero-order valence-electron chi connectivity index (χ0n) is 14.4. The van der Waals surface area contributed by atoms with Crippen LogP contribution in [0.4, 0.5) is 0 Å². The molecule has 1 aliphatic carbocycles. The summed E-state index contributed by atoms with van der Waals surface area (Å²) in [5.41, 5.74) is 0.676. The van der Waals surface area contributed by atoms with Gasteiger partial charge in [-0.15, -0.1) is 0 Å². The summed E-state index contributed by atoms with van der Waals surface area (Å²) in [6, 6.07) is 11.6. The summed E-state index contributed by atoms with van der Waals surface area (Å²) in [5.74, 6) is -0.932. The first-order valence-electron chi connectivity index (χ1n) is 8.43. The number of benzene rings is 1. The molecule has 1 N–H and O–H groups in total. The summed E-state index contributed by atoms with van der Waals surface area (Å²) in [4.78, 5) is 28.1. The van der Waals surface area contributed by atoms with Crippen molar-refractivity contribution in [3.63, 3.8) is 0 Å². The maximum Gasteiger partial charge on any atom is 0.331 e. The highest BCUT2D eigenvalue weighted by Gasteiger charge is 2.43. The summed E-state index contributed by atoms with van der Waals surface area (Å²) in [5, 5.41) is 12.8. The van der Waals surface area contributed by atoms with E-state index >= 15 is 0 Å². The first-order valence-corrected chi connectivity index (χ1v) is 8.43. The quantitative estimate of drug-likeness (QED) is 0.639. The van der Waals surface area contributed by atoms with Gasteiger partial charge in [0.15, 0.2) is 6.61 Å². The fraction of sp³-hybridized carbons (Fsp3) is 0.300. The molecule has 0 aliphatic heterocycles. The number of pyridine rings is 1. The van der Waals surface area contributed by atoms with Gasteiger partial charge in [0.05, 0.1) is 11.6 Å². The van der Waals surface area contributed by atoms with E-state index in [1.807, 2.05) is 30.3 Å². The molecule has 1 aromatic carbocycles. The van der Waals surface area contributed by atoms with Crippen molar-refractivity contribution in [1.29, 1.82) is 5.26 Å². The molecule has 0 unspecified atom stereocenters. The van der Waals surface area contributed by atoms with Crippen LogP contribution in [0.15, 0.2) is 42.6 Å². The van der Waals surface area contributed by atoms with Crippen LogP contribution < -0.4 is 5.32 Å². The van der Waals surface area contributed by atoms with Crippen LogP contribution in [0, 0.1) is 17.2 Å². The number of carbonyl (C=O) groups excluding carboxylic acids is 2. The largest absolute Gasteiger partial charge is 0.452 e. The Hall–Kier alpha value is -3.20. The van der Waals surface area contributed by atoms with Crippen molar-refractivity contribution >= 4 is 28.9 Å². The van der Waals surface area contributed by atoms with Crippen LogP contribution >= 0.6 is 0 Å². The number of hydrogen-bond acceptors (Lipinski definition) is 5. The average Bonchev–Trinajstić information content (AvgIpc) is 3.50. The van der Waals surface area contributed by atoms with Gasteiger partial charge in [0.25, 0.3) is 5.91 Å². The lowest BCUT2D eigenvalue weighted by molar-refractivity contribution is -0.144. The summed E-state index contributed by atoms with van der Waals surface area (Å²) in [6.07, 6.45) is 6.41. The number of ether oxygens (including phenoxy) is 1. The minimum atomic E-state index is -0.895. The van der Waals surface area contributed by atoms with Crippen LogP contribution in [0.25, 0.3) is 17.0 Å². The summed E-state index contributed by atoms with van der Waals surface area (Å²) in [7, 11) is 0. The number of carbonyl (C=O) groups is 2. The van der Waals surface area contributed by atoms with E-state index in [0.29, 0.717) is 0 Å². The third kappa shape index (κ3) is 4.06. The van der Waals surface area contributed by atoms with Crippen molar-refractivity contribution in [3.05, 3.63) is 48.2 Å². The van der Waals surface area contributed by atoms with Crippen LogP contribution in [-0.4, -0.2) is 29.0 Å². The van der Waals surface area contributed by atoms with Gasteiger partial charge in [-0.25, -0.2) is 4.79 Å². The first kappa shape index (κ1) is 17.6. The van der Waals surface area contributed by atoms with E-state index in [1.165, 1.54) is 6.08 Å². The average molecular weight is 349 g/mol. The number of hydrogen-bond donors (Lipinski definition) is 1. The van der Waals surface area contributed by atoms with Gasteiger partial charge in [-0.05, 0) is 37.8 Å². The lowest BCUT2D eigenvalue weighted by Gasteiger charge is -2.22. The fourth-order valence-electron chi connectivity index (χ4n) is 2.81. The zero-order valence-corrected chi connectivity index (χ0v) is 14.4. The van der Waals surface area contributed by atoms with E-state index in [2.05, 4.69) is 16.4 Å². The molecule has 1 amide bonds. The predicted octanol–water partition coefficient (Wildman–Crippen LogP) is 2.60. The lowest BCUT2D eigenvalue weighted by atomic mass is 9.98. The highest BCUT2D eigenvalue weighted by Crippen LogP contribution is 2.39. The monoisotopic (exact) mass is 349 g/mol. The predicted molar refractivity (Wildman–Crippen MR) is 96.6 cm³/mol. The molecule has 1 aromatic heterocycles. The minimum absolute atomic E-state index is 0.172. The van der Waals surface area contributed by atoms with Gasteiger partial charge in [0.1, 0.15) is 5.54 Å². The summed E-state index contributed by atoms with van der Waals surface area (Å²) in [6.45, 7) is 1.28.